The van der Waals surface area contributed by atoms with E-state index in [1.54, 1.807) is 0 Å². The molecule has 0 atom stereocenters. The van der Waals surface area contributed by atoms with Gasteiger partial charge in [-0.25, -0.2) is 0 Å². The molecule has 0 aliphatic rings. The number of hydrogen-bond donors (Lipinski definition) is 0. The summed E-state index contributed by atoms with van der Waals surface area (Å²) < 4.78 is 9.07. The summed E-state index contributed by atoms with van der Waals surface area (Å²) in [7, 11) is 0. The topological polar surface area (TPSA) is 0 Å². The maximum absolute atomic E-state index is 3.60. The van der Waals surface area contributed by atoms with Crippen molar-refractivity contribution < 1.29 is 21.2 Å². The van der Waals surface area contributed by atoms with Gasteiger partial charge in [-0.2, -0.15) is 0 Å². The molecule has 0 spiro atoms. The molecule has 0 nitrogen and oxygen atoms in total. The minimum absolute atomic E-state index is 0.590. The van der Waals surface area contributed by atoms with Gasteiger partial charge in [-0.3, -0.25) is 0 Å². The third kappa shape index (κ3) is 5.35. The van der Waals surface area contributed by atoms with Gasteiger partial charge in [0.25, 0.3) is 0 Å². The number of benzene rings is 4. The third-order valence-corrected chi connectivity index (χ3v) is 9.72. The van der Waals surface area contributed by atoms with E-state index in [9.17, 15) is 0 Å². The molecule has 32 heavy (non-hydrogen) atoms. The van der Waals surface area contributed by atoms with Crippen LogP contribution in [0.2, 0.25) is 0 Å². The average molecular weight is 809 g/mol. The second-order valence-corrected chi connectivity index (χ2v) is 14.2. The standard InChI is InChI=1S/C12H6BrIS.C12H7BrS.C2H6I/c13-10-3-1-2-8-9-6-7(14)4-5-11(9)15-12(8)10;13-10-6-3-5-9-8-4-1-2-7-11(8)14-12(9)10;1-3-2/h1-6H;1-7H;1-2H3/q;;-1. The van der Waals surface area contributed by atoms with Gasteiger partial charge < -0.3 is 0 Å². The van der Waals surface area contributed by atoms with Crippen molar-refractivity contribution in [3.63, 3.8) is 0 Å². The second-order valence-electron chi connectivity index (χ2n) is 6.95. The van der Waals surface area contributed by atoms with E-state index in [-0.39, 0.29) is 0 Å². The summed E-state index contributed by atoms with van der Waals surface area (Å²) in [6.45, 7) is 0. The van der Waals surface area contributed by atoms with Crippen molar-refractivity contribution >= 4 is 117 Å². The number of alkyl halides is 2. The van der Waals surface area contributed by atoms with Crippen LogP contribution in [-0.4, -0.2) is 9.86 Å². The Morgan fingerprint density at radius 2 is 1.12 bits per heavy atom. The van der Waals surface area contributed by atoms with Crippen LogP contribution in [0.1, 0.15) is 0 Å². The molecule has 0 saturated carbocycles. The minimum atomic E-state index is 0.590. The van der Waals surface area contributed by atoms with E-state index in [0.717, 1.165) is 0 Å². The van der Waals surface area contributed by atoms with E-state index in [0.29, 0.717) is 21.2 Å². The van der Waals surface area contributed by atoms with Gasteiger partial charge in [-0.15, -0.1) is 22.7 Å². The fourth-order valence-electron chi connectivity index (χ4n) is 3.45. The Bertz CT molecular complexity index is 1520. The number of hydrogen-bond acceptors (Lipinski definition) is 2. The van der Waals surface area contributed by atoms with E-state index >= 15 is 0 Å². The van der Waals surface area contributed by atoms with Gasteiger partial charge in [0.1, 0.15) is 0 Å². The molecule has 0 amide bonds. The van der Waals surface area contributed by atoms with Crippen molar-refractivity contribution in [1.29, 1.82) is 0 Å². The van der Waals surface area contributed by atoms with Gasteiger partial charge in [-0.1, -0.05) is 42.5 Å². The molecule has 2 heterocycles. The van der Waals surface area contributed by atoms with Crippen molar-refractivity contribution in [2.24, 2.45) is 0 Å². The molecular formula is C26H19Br2I2S2-. The van der Waals surface area contributed by atoms with Crippen molar-refractivity contribution in [1.82, 2.24) is 0 Å². The molecule has 0 fully saturated rings. The SMILES string of the molecule is Brc1cccc2c1sc1ccc(I)cc12.Brc1cccc2c1sc1ccccc12.C[I-]C. The fraction of sp³-hybridized carbons (Fsp3) is 0.0769. The van der Waals surface area contributed by atoms with Crippen LogP contribution in [0, 0.1) is 3.57 Å². The van der Waals surface area contributed by atoms with E-state index in [4.69, 9.17) is 0 Å². The number of halogens is 4. The van der Waals surface area contributed by atoms with Gasteiger partial charge in [0.05, 0.1) is 0 Å². The Labute approximate surface area is 237 Å². The Balaban J connectivity index is 0.000000137. The molecule has 2 aromatic heterocycles. The van der Waals surface area contributed by atoms with Gasteiger partial charge in [-0.05, 0) is 90.8 Å². The number of fused-ring (bicyclic) bond motifs is 6. The normalized spacial score (nSPS) is 10.9. The van der Waals surface area contributed by atoms with Crippen LogP contribution in [0.25, 0.3) is 40.3 Å². The van der Waals surface area contributed by atoms with Crippen molar-refractivity contribution in [2.75, 3.05) is 9.86 Å². The van der Waals surface area contributed by atoms with Gasteiger partial charge in [0, 0.05) is 52.9 Å². The monoisotopic (exact) mass is 807 g/mol. The Kier molecular flexibility index (Phi) is 8.89. The Morgan fingerprint density at radius 3 is 1.75 bits per heavy atom. The third-order valence-electron chi connectivity index (χ3n) is 4.77. The predicted octanol–water partition coefficient (Wildman–Crippen LogP) is 7.57. The molecule has 164 valence electrons. The molecule has 0 aliphatic heterocycles. The van der Waals surface area contributed by atoms with Crippen LogP contribution in [0.5, 0.6) is 0 Å². The predicted molar refractivity (Wildman–Crippen MR) is 159 cm³/mol. The summed E-state index contributed by atoms with van der Waals surface area (Å²) >= 11 is 13.8. The molecule has 4 aromatic carbocycles. The first-order chi connectivity index (χ1) is 15.5. The van der Waals surface area contributed by atoms with Crippen LogP contribution >= 0.6 is 77.1 Å². The summed E-state index contributed by atoms with van der Waals surface area (Å²) in [5, 5.41) is 5.42. The molecule has 6 aromatic rings. The average Bonchev–Trinajstić information content (AvgIpc) is 3.35. The summed E-state index contributed by atoms with van der Waals surface area (Å²) in [5.74, 6) is 0. The van der Waals surface area contributed by atoms with Crippen molar-refractivity contribution in [3.8, 4) is 0 Å². The molecule has 0 unspecified atom stereocenters. The van der Waals surface area contributed by atoms with E-state index in [1.165, 1.54) is 52.9 Å². The Hall–Kier alpha value is -0.260. The van der Waals surface area contributed by atoms with Crippen molar-refractivity contribution in [3.05, 3.63) is 91.4 Å². The van der Waals surface area contributed by atoms with E-state index < -0.39 is 0 Å². The summed E-state index contributed by atoms with van der Waals surface area (Å²) in [6, 6.07) is 27.9. The van der Waals surface area contributed by atoms with Gasteiger partial charge >= 0.3 is 31.1 Å². The maximum atomic E-state index is 3.60. The Morgan fingerprint density at radius 1 is 0.625 bits per heavy atom. The molecule has 0 saturated heterocycles. The zero-order valence-electron chi connectivity index (χ0n) is 17.3. The molecule has 6 rings (SSSR count). The van der Waals surface area contributed by atoms with Gasteiger partial charge in [0.15, 0.2) is 0 Å². The second kappa shape index (κ2) is 11.4. The number of thiophene rings is 2. The van der Waals surface area contributed by atoms with Crippen LogP contribution in [0.4, 0.5) is 0 Å². The fourth-order valence-corrected chi connectivity index (χ4v) is 7.35. The molecule has 0 N–H and O–H groups in total. The number of rotatable bonds is 0. The first-order valence-electron chi connectivity index (χ1n) is 9.69. The van der Waals surface area contributed by atoms with Crippen LogP contribution in [0.3, 0.4) is 0 Å². The van der Waals surface area contributed by atoms with Crippen molar-refractivity contribution in [2.45, 2.75) is 0 Å². The summed E-state index contributed by atoms with van der Waals surface area (Å²) in [5.41, 5.74) is 0. The quantitative estimate of drug-likeness (QED) is 0.110. The summed E-state index contributed by atoms with van der Waals surface area (Å²) in [6.07, 6.45) is 0. The van der Waals surface area contributed by atoms with Gasteiger partial charge in [0.2, 0.25) is 0 Å². The molecule has 6 heteroatoms. The first-order valence-corrected chi connectivity index (χ1v) is 18.3. The van der Waals surface area contributed by atoms with Crippen LogP contribution < -0.4 is 21.2 Å². The zero-order chi connectivity index (χ0) is 22.7. The first kappa shape index (κ1) is 24.9. The zero-order valence-corrected chi connectivity index (χ0v) is 26.5. The molecule has 0 aliphatic carbocycles. The molecule has 0 radical (unpaired) electrons. The van der Waals surface area contributed by atoms with Crippen LogP contribution in [0.15, 0.2) is 87.8 Å². The summed E-state index contributed by atoms with van der Waals surface area (Å²) in [4.78, 5) is 4.47. The molecular weight excluding hydrogens is 790 g/mol. The van der Waals surface area contributed by atoms with E-state index in [1.807, 2.05) is 22.7 Å². The van der Waals surface area contributed by atoms with E-state index in [2.05, 4.69) is 143 Å². The molecule has 0 bridgehead atoms. The van der Waals surface area contributed by atoms with Crippen LogP contribution in [-0.2, 0) is 0 Å².